The van der Waals surface area contributed by atoms with E-state index < -0.39 is 19.2 Å². The van der Waals surface area contributed by atoms with Crippen molar-refractivity contribution in [2.45, 2.75) is 27.9 Å². The SMILES string of the molecule is CC1=CC(=NS(=O)(=O)c2ccccc2)C(C)(Br)C(Br)C1=O. The summed E-state index contributed by atoms with van der Waals surface area (Å²) in [6.45, 7) is 3.36. The van der Waals surface area contributed by atoms with E-state index in [2.05, 4.69) is 36.3 Å². The maximum absolute atomic E-state index is 12.3. The van der Waals surface area contributed by atoms with Gasteiger partial charge in [0.25, 0.3) is 10.0 Å². The van der Waals surface area contributed by atoms with Gasteiger partial charge in [-0.1, -0.05) is 50.1 Å². The molecule has 7 heteroatoms. The second-order valence-corrected chi connectivity index (χ2v) is 9.06. The van der Waals surface area contributed by atoms with Gasteiger partial charge in [-0.25, -0.2) is 0 Å². The van der Waals surface area contributed by atoms with Crippen LogP contribution in [0.2, 0.25) is 0 Å². The van der Waals surface area contributed by atoms with Crippen molar-refractivity contribution < 1.29 is 13.2 Å². The van der Waals surface area contributed by atoms with Crippen LogP contribution in [0.1, 0.15) is 13.8 Å². The van der Waals surface area contributed by atoms with Crippen molar-refractivity contribution in [1.82, 2.24) is 0 Å². The Bertz CT molecular complexity index is 737. The lowest BCUT2D eigenvalue weighted by atomic mass is 9.89. The number of rotatable bonds is 2. The minimum absolute atomic E-state index is 0.0922. The summed E-state index contributed by atoms with van der Waals surface area (Å²) in [5.41, 5.74) is 0.765. The number of Topliss-reactive ketones (excluding diaryl/α,β-unsaturated/α-hetero) is 1. The summed E-state index contributed by atoms with van der Waals surface area (Å²) in [5, 5.41) is 0. The number of carbonyl (C=O) groups excluding carboxylic acids is 1. The largest absolute Gasteiger partial charge is 0.293 e. The third kappa shape index (κ3) is 3.19. The number of sulfonamides is 1. The molecule has 2 atom stereocenters. The highest BCUT2D eigenvalue weighted by atomic mass is 79.9. The van der Waals surface area contributed by atoms with Crippen LogP contribution >= 0.6 is 31.9 Å². The van der Waals surface area contributed by atoms with Crippen molar-refractivity contribution >= 4 is 53.4 Å². The van der Waals surface area contributed by atoms with Crippen LogP contribution < -0.4 is 0 Å². The molecule has 1 aromatic carbocycles. The number of hydrogen-bond acceptors (Lipinski definition) is 3. The van der Waals surface area contributed by atoms with Crippen molar-refractivity contribution in [1.29, 1.82) is 0 Å². The van der Waals surface area contributed by atoms with E-state index in [-0.39, 0.29) is 10.7 Å². The molecule has 0 saturated carbocycles. The van der Waals surface area contributed by atoms with Gasteiger partial charge in [0.15, 0.2) is 5.78 Å². The lowest BCUT2D eigenvalue weighted by Gasteiger charge is -2.31. The van der Waals surface area contributed by atoms with Crippen LogP contribution in [0.25, 0.3) is 0 Å². The zero-order valence-corrected chi connectivity index (χ0v) is 15.4. The van der Waals surface area contributed by atoms with E-state index in [1.807, 2.05) is 0 Å². The molecule has 0 amide bonds. The van der Waals surface area contributed by atoms with Gasteiger partial charge < -0.3 is 0 Å². The Hall–Kier alpha value is -0.790. The zero-order valence-electron chi connectivity index (χ0n) is 11.4. The number of alkyl halides is 2. The highest BCUT2D eigenvalue weighted by Crippen LogP contribution is 2.36. The Labute approximate surface area is 140 Å². The van der Waals surface area contributed by atoms with Gasteiger partial charge in [-0.15, -0.1) is 0 Å². The second-order valence-electron chi connectivity index (χ2n) is 4.89. The van der Waals surface area contributed by atoms with Gasteiger partial charge in [0.2, 0.25) is 0 Å². The summed E-state index contributed by atoms with van der Waals surface area (Å²) in [7, 11) is -3.81. The number of carbonyl (C=O) groups is 1. The molecule has 1 aliphatic rings. The minimum Gasteiger partial charge on any atom is -0.293 e. The van der Waals surface area contributed by atoms with E-state index in [1.54, 1.807) is 32.0 Å². The summed E-state index contributed by atoms with van der Waals surface area (Å²) in [4.78, 5) is 11.5. The van der Waals surface area contributed by atoms with Crippen LogP contribution in [-0.4, -0.2) is 29.1 Å². The third-order valence-electron chi connectivity index (χ3n) is 3.21. The molecule has 0 bridgehead atoms. The van der Waals surface area contributed by atoms with Gasteiger partial charge in [0.1, 0.15) is 0 Å². The first kappa shape index (κ1) is 16.6. The molecule has 1 aromatic rings. The number of hydrogen-bond donors (Lipinski definition) is 0. The van der Waals surface area contributed by atoms with Crippen LogP contribution in [0.3, 0.4) is 0 Å². The summed E-state index contributed by atoms with van der Waals surface area (Å²) < 4.78 is 27.7. The van der Waals surface area contributed by atoms with Crippen LogP contribution in [0.4, 0.5) is 0 Å². The van der Waals surface area contributed by atoms with Gasteiger partial charge in [-0.05, 0) is 37.6 Å². The fourth-order valence-corrected chi connectivity index (χ4v) is 4.12. The summed E-state index contributed by atoms with van der Waals surface area (Å²) in [5.74, 6) is -0.0922. The molecule has 1 aliphatic carbocycles. The molecule has 4 nitrogen and oxygen atoms in total. The van der Waals surface area contributed by atoms with Crippen LogP contribution in [0.15, 0.2) is 51.3 Å². The van der Waals surface area contributed by atoms with E-state index in [4.69, 9.17) is 0 Å². The van der Waals surface area contributed by atoms with Crippen molar-refractivity contribution in [2.24, 2.45) is 4.40 Å². The zero-order chi connectivity index (χ0) is 15.8. The molecule has 0 radical (unpaired) electrons. The molecular formula is C14H13Br2NO3S. The monoisotopic (exact) mass is 433 g/mol. The summed E-state index contributed by atoms with van der Waals surface area (Å²) in [6.07, 6.45) is 1.51. The molecule has 0 aliphatic heterocycles. The smallest absolute Gasteiger partial charge is 0.282 e. The molecule has 0 aromatic heterocycles. The minimum atomic E-state index is -3.81. The van der Waals surface area contributed by atoms with Gasteiger partial charge >= 0.3 is 0 Å². The Morgan fingerprint density at radius 3 is 2.38 bits per heavy atom. The standard InChI is InChI=1S/C14H13Br2NO3S/c1-9-8-11(14(2,16)13(15)12(9)18)17-21(19,20)10-6-4-3-5-7-10/h3-8,13H,1-2H3. The molecule has 0 saturated heterocycles. The van der Waals surface area contributed by atoms with Gasteiger partial charge in [0.05, 0.1) is 19.8 Å². The lowest BCUT2D eigenvalue weighted by molar-refractivity contribution is -0.115. The highest BCUT2D eigenvalue weighted by Gasteiger charge is 2.43. The Morgan fingerprint density at radius 2 is 1.81 bits per heavy atom. The molecule has 0 heterocycles. The fraction of sp³-hybridized carbons (Fsp3) is 0.286. The van der Waals surface area contributed by atoms with Gasteiger partial charge in [-0.3, -0.25) is 4.79 Å². The normalized spacial score (nSPS) is 28.6. The molecule has 0 fully saturated rings. The Balaban J connectivity index is 2.57. The van der Waals surface area contributed by atoms with Gasteiger partial charge in [0, 0.05) is 0 Å². The predicted molar refractivity (Wildman–Crippen MR) is 89.9 cm³/mol. The molecule has 21 heavy (non-hydrogen) atoms. The van der Waals surface area contributed by atoms with Crippen molar-refractivity contribution in [3.8, 4) is 0 Å². The van der Waals surface area contributed by atoms with Crippen molar-refractivity contribution in [3.05, 3.63) is 42.0 Å². The number of nitrogens with zero attached hydrogens (tertiary/aromatic N) is 1. The quantitative estimate of drug-likeness (QED) is 0.671. The number of ketones is 1. The number of benzene rings is 1. The van der Waals surface area contributed by atoms with E-state index in [9.17, 15) is 13.2 Å². The van der Waals surface area contributed by atoms with Crippen molar-refractivity contribution in [3.63, 3.8) is 0 Å². The molecule has 112 valence electrons. The van der Waals surface area contributed by atoms with E-state index in [0.29, 0.717) is 11.3 Å². The number of halogens is 2. The third-order valence-corrected chi connectivity index (χ3v) is 7.32. The Kier molecular flexibility index (Phi) is 4.56. The van der Waals surface area contributed by atoms with E-state index in [0.717, 1.165) is 0 Å². The van der Waals surface area contributed by atoms with Gasteiger partial charge in [-0.2, -0.15) is 12.8 Å². The van der Waals surface area contributed by atoms with E-state index >= 15 is 0 Å². The number of allylic oxidation sites excluding steroid dienone is 2. The van der Waals surface area contributed by atoms with E-state index in [1.165, 1.54) is 18.2 Å². The first-order valence-electron chi connectivity index (χ1n) is 6.12. The average molecular weight is 435 g/mol. The lowest BCUT2D eigenvalue weighted by Crippen LogP contribution is -2.45. The van der Waals surface area contributed by atoms with Crippen LogP contribution in [-0.2, 0) is 14.8 Å². The fourth-order valence-electron chi connectivity index (χ4n) is 1.88. The topological polar surface area (TPSA) is 63.6 Å². The van der Waals surface area contributed by atoms with Crippen LogP contribution in [0, 0.1) is 0 Å². The first-order valence-corrected chi connectivity index (χ1v) is 9.27. The average Bonchev–Trinajstić information content (AvgIpc) is 2.44. The molecule has 2 rings (SSSR count). The first-order chi connectivity index (χ1) is 9.66. The summed E-state index contributed by atoms with van der Waals surface area (Å²) >= 11 is 6.72. The maximum Gasteiger partial charge on any atom is 0.282 e. The van der Waals surface area contributed by atoms with Crippen molar-refractivity contribution in [2.75, 3.05) is 0 Å². The van der Waals surface area contributed by atoms with Crippen LogP contribution in [0.5, 0.6) is 0 Å². The highest BCUT2D eigenvalue weighted by molar-refractivity contribution is 9.13. The molecular weight excluding hydrogens is 422 g/mol. The maximum atomic E-state index is 12.3. The second kappa shape index (κ2) is 5.78. The molecule has 2 unspecified atom stereocenters. The Morgan fingerprint density at radius 1 is 1.24 bits per heavy atom. The molecule has 0 N–H and O–H groups in total. The predicted octanol–water partition coefficient (Wildman–Crippen LogP) is 3.26. The molecule has 0 spiro atoms. The summed E-state index contributed by atoms with van der Waals surface area (Å²) in [6, 6.07) is 7.99.